The van der Waals surface area contributed by atoms with E-state index in [0.717, 1.165) is 22.0 Å². The van der Waals surface area contributed by atoms with Crippen LogP contribution >= 0.6 is 0 Å². The van der Waals surface area contributed by atoms with Crippen LogP contribution in [0.4, 0.5) is 0 Å². The number of carbonyl (C=O) groups is 2. The van der Waals surface area contributed by atoms with Crippen molar-refractivity contribution >= 4 is 28.9 Å². The number of aromatic nitrogens is 1. The topological polar surface area (TPSA) is 95.1 Å². The highest BCUT2D eigenvalue weighted by Gasteiger charge is 2.21. The molecule has 0 unspecified atom stereocenters. The zero-order chi connectivity index (χ0) is 20.1. The Labute approximate surface area is 162 Å². The normalized spacial score (nSPS) is 12.0. The fraction of sp³-hybridized carbons (Fsp3) is 0.136. The first-order chi connectivity index (χ1) is 13.5. The van der Waals surface area contributed by atoms with Crippen molar-refractivity contribution in [3.63, 3.8) is 0 Å². The summed E-state index contributed by atoms with van der Waals surface area (Å²) < 4.78 is 1.94. The molecule has 0 saturated heterocycles. The molecule has 0 bridgehead atoms. The summed E-state index contributed by atoms with van der Waals surface area (Å²) in [7, 11) is 1.90. The average Bonchev–Trinajstić information content (AvgIpc) is 3.02. The van der Waals surface area contributed by atoms with Crippen LogP contribution in [0, 0.1) is 11.3 Å². The van der Waals surface area contributed by atoms with Crippen molar-refractivity contribution in [2.75, 3.05) is 0 Å². The number of hydrogen-bond acceptors (Lipinski definition) is 3. The second-order valence-corrected chi connectivity index (χ2v) is 6.45. The van der Waals surface area contributed by atoms with Crippen LogP contribution in [0.3, 0.4) is 0 Å². The van der Waals surface area contributed by atoms with E-state index < -0.39 is 17.9 Å². The van der Waals surface area contributed by atoms with Gasteiger partial charge in [-0.05, 0) is 35.4 Å². The number of amides is 1. The van der Waals surface area contributed by atoms with Gasteiger partial charge in [0.2, 0.25) is 5.91 Å². The lowest BCUT2D eigenvalue weighted by atomic mass is 10.0. The predicted octanol–water partition coefficient (Wildman–Crippen LogP) is 2.88. The Balaban J connectivity index is 1.71. The largest absolute Gasteiger partial charge is 0.480 e. The molecule has 0 aliphatic carbocycles. The summed E-state index contributed by atoms with van der Waals surface area (Å²) in [5.74, 6) is -1.58. The molecule has 1 aromatic heterocycles. The van der Waals surface area contributed by atoms with Crippen LogP contribution in [-0.2, 0) is 23.1 Å². The number of aliphatic carboxylic acids is 1. The number of carboxylic acids is 1. The number of carbonyl (C=O) groups excluding carboxylic acids is 1. The third kappa shape index (κ3) is 4.27. The summed E-state index contributed by atoms with van der Waals surface area (Å²) in [6.07, 6.45) is 4.94. The summed E-state index contributed by atoms with van der Waals surface area (Å²) in [6.45, 7) is 0. The van der Waals surface area contributed by atoms with E-state index in [1.54, 1.807) is 30.3 Å². The predicted molar refractivity (Wildman–Crippen MR) is 106 cm³/mol. The van der Waals surface area contributed by atoms with Gasteiger partial charge in [0.25, 0.3) is 0 Å². The van der Waals surface area contributed by atoms with E-state index in [-0.39, 0.29) is 6.42 Å². The average molecular weight is 373 g/mol. The third-order valence-corrected chi connectivity index (χ3v) is 4.49. The smallest absolute Gasteiger partial charge is 0.326 e. The molecule has 1 heterocycles. The van der Waals surface area contributed by atoms with E-state index in [9.17, 15) is 14.7 Å². The lowest BCUT2D eigenvalue weighted by Crippen LogP contribution is -2.41. The molecule has 2 aromatic carbocycles. The molecule has 2 N–H and O–H groups in total. The number of benzene rings is 2. The van der Waals surface area contributed by atoms with Crippen LogP contribution in [0.25, 0.3) is 17.0 Å². The Morgan fingerprint density at radius 3 is 2.61 bits per heavy atom. The van der Waals surface area contributed by atoms with Gasteiger partial charge in [0, 0.05) is 36.6 Å². The Kier molecular flexibility index (Phi) is 5.56. The molecular formula is C22H19N3O3. The lowest BCUT2D eigenvalue weighted by molar-refractivity contribution is -0.141. The molecule has 28 heavy (non-hydrogen) atoms. The maximum absolute atomic E-state index is 12.2. The van der Waals surface area contributed by atoms with E-state index in [1.165, 1.54) is 6.08 Å². The van der Waals surface area contributed by atoms with Crippen LogP contribution in [0.5, 0.6) is 0 Å². The van der Waals surface area contributed by atoms with Crippen molar-refractivity contribution in [3.8, 4) is 6.07 Å². The second kappa shape index (κ2) is 8.23. The second-order valence-electron chi connectivity index (χ2n) is 6.45. The number of rotatable bonds is 6. The zero-order valence-corrected chi connectivity index (χ0v) is 15.3. The number of hydrogen-bond donors (Lipinski definition) is 2. The summed E-state index contributed by atoms with van der Waals surface area (Å²) in [5.41, 5.74) is 3.15. The van der Waals surface area contributed by atoms with Crippen LogP contribution in [-0.4, -0.2) is 27.6 Å². The number of nitriles is 1. The number of aryl methyl sites for hydroxylation is 1. The number of nitrogens with one attached hydrogen (secondary N) is 1. The number of carboxylic acid groups (broad SMARTS) is 1. The highest BCUT2D eigenvalue weighted by atomic mass is 16.4. The van der Waals surface area contributed by atoms with Crippen LogP contribution in [0.1, 0.15) is 16.7 Å². The maximum atomic E-state index is 12.2. The van der Waals surface area contributed by atoms with Gasteiger partial charge < -0.3 is 15.0 Å². The molecule has 6 heteroatoms. The van der Waals surface area contributed by atoms with Crippen LogP contribution < -0.4 is 5.32 Å². The minimum absolute atomic E-state index is 0.188. The molecule has 0 fully saturated rings. The summed E-state index contributed by atoms with van der Waals surface area (Å²) >= 11 is 0. The fourth-order valence-corrected chi connectivity index (χ4v) is 3.07. The first-order valence-electron chi connectivity index (χ1n) is 8.72. The van der Waals surface area contributed by atoms with Gasteiger partial charge in [0.15, 0.2) is 0 Å². The van der Waals surface area contributed by atoms with Gasteiger partial charge >= 0.3 is 5.97 Å². The van der Waals surface area contributed by atoms with Gasteiger partial charge in [-0.2, -0.15) is 5.26 Å². The fourth-order valence-electron chi connectivity index (χ4n) is 3.07. The van der Waals surface area contributed by atoms with Crippen molar-refractivity contribution in [2.24, 2.45) is 7.05 Å². The maximum Gasteiger partial charge on any atom is 0.326 e. The highest BCUT2D eigenvalue weighted by Crippen LogP contribution is 2.21. The standard InChI is InChI=1S/C22H19N3O3/c1-25-14-17(18-4-2-3-5-20(18)25)12-19(22(27)28)24-21(26)11-10-15-6-8-16(13-23)9-7-15/h2-11,14,19H,12H2,1H3,(H,24,26)(H,27,28)/t19-/m0/s1. The Morgan fingerprint density at radius 1 is 1.21 bits per heavy atom. The van der Waals surface area contributed by atoms with E-state index >= 15 is 0 Å². The molecule has 3 aromatic rings. The van der Waals surface area contributed by atoms with Crippen molar-refractivity contribution in [2.45, 2.75) is 12.5 Å². The molecular weight excluding hydrogens is 354 g/mol. The van der Waals surface area contributed by atoms with Gasteiger partial charge in [-0.3, -0.25) is 4.79 Å². The monoisotopic (exact) mass is 373 g/mol. The van der Waals surface area contributed by atoms with E-state index in [2.05, 4.69) is 5.32 Å². The SMILES string of the molecule is Cn1cc(C[C@H](NC(=O)C=Cc2ccc(C#N)cc2)C(=O)O)c2ccccc21. The molecule has 0 aliphatic heterocycles. The minimum atomic E-state index is -1.09. The van der Waals surface area contributed by atoms with Crippen molar-refractivity contribution in [1.82, 2.24) is 9.88 Å². The molecule has 0 saturated carbocycles. The molecule has 0 spiro atoms. The van der Waals surface area contributed by atoms with E-state index in [1.807, 2.05) is 48.1 Å². The minimum Gasteiger partial charge on any atom is -0.480 e. The Bertz CT molecular complexity index is 1090. The molecule has 3 rings (SSSR count). The Morgan fingerprint density at radius 2 is 1.93 bits per heavy atom. The lowest BCUT2D eigenvalue weighted by Gasteiger charge is -2.13. The highest BCUT2D eigenvalue weighted by molar-refractivity contribution is 5.94. The van der Waals surface area contributed by atoms with Gasteiger partial charge in [-0.1, -0.05) is 30.3 Å². The summed E-state index contributed by atoms with van der Waals surface area (Å²) in [5, 5.41) is 21.8. The number of fused-ring (bicyclic) bond motifs is 1. The van der Waals surface area contributed by atoms with Crippen molar-refractivity contribution in [3.05, 3.63) is 77.5 Å². The molecule has 0 aliphatic rings. The van der Waals surface area contributed by atoms with Gasteiger partial charge in [-0.25, -0.2) is 4.79 Å². The van der Waals surface area contributed by atoms with E-state index in [4.69, 9.17) is 5.26 Å². The van der Waals surface area contributed by atoms with Crippen LogP contribution in [0.2, 0.25) is 0 Å². The Hall–Kier alpha value is -3.85. The summed E-state index contributed by atoms with van der Waals surface area (Å²) in [4.78, 5) is 23.8. The van der Waals surface area contributed by atoms with Gasteiger partial charge in [0.05, 0.1) is 11.6 Å². The third-order valence-electron chi connectivity index (χ3n) is 4.49. The number of nitrogens with zero attached hydrogens (tertiary/aromatic N) is 2. The quantitative estimate of drug-likeness (QED) is 0.650. The van der Waals surface area contributed by atoms with Crippen molar-refractivity contribution < 1.29 is 14.7 Å². The van der Waals surface area contributed by atoms with E-state index in [0.29, 0.717) is 5.56 Å². The molecule has 0 radical (unpaired) electrons. The van der Waals surface area contributed by atoms with Gasteiger partial charge in [-0.15, -0.1) is 0 Å². The number of para-hydroxylation sites is 1. The summed E-state index contributed by atoms with van der Waals surface area (Å²) in [6, 6.07) is 15.5. The van der Waals surface area contributed by atoms with Gasteiger partial charge in [0.1, 0.15) is 6.04 Å². The zero-order valence-electron chi connectivity index (χ0n) is 15.3. The first kappa shape index (κ1) is 18.9. The van der Waals surface area contributed by atoms with Crippen LogP contribution in [0.15, 0.2) is 60.8 Å². The molecule has 6 nitrogen and oxygen atoms in total. The van der Waals surface area contributed by atoms with Crippen molar-refractivity contribution in [1.29, 1.82) is 5.26 Å². The molecule has 140 valence electrons. The molecule has 1 amide bonds. The first-order valence-corrected chi connectivity index (χ1v) is 8.72. The molecule has 1 atom stereocenters.